The van der Waals surface area contributed by atoms with Crippen LogP contribution < -0.4 is 0 Å². The summed E-state index contributed by atoms with van der Waals surface area (Å²) < 4.78 is 2.28. The van der Waals surface area contributed by atoms with E-state index >= 15 is 0 Å². The molecule has 0 unspecified atom stereocenters. The Balaban J connectivity index is 2.31. The Kier molecular flexibility index (Phi) is 2.48. The van der Waals surface area contributed by atoms with Gasteiger partial charge in [-0.25, -0.2) is 0 Å². The van der Waals surface area contributed by atoms with Crippen LogP contribution in [0.3, 0.4) is 0 Å². The Bertz CT molecular complexity index is 699. The van der Waals surface area contributed by atoms with Crippen LogP contribution in [0.2, 0.25) is 0 Å². The molecule has 0 radical (unpaired) electrons. The number of hydrogen-bond acceptors (Lipinski definition) is 0. The largest absolute Gasteiger partial charge is 0.316 e. The lowest BCUT2D eigenvalue weighted by Crippen LogP contribution is -1.95. The van der Waals surface area contributed by atoms with Crippen molar-refractivity contribution < 1.29 is 0 Å². The van der Waals surface area contributed by atoms with Crippen molar-refractivity contribution in [3.05, 3.63) is 65.4 Å². The first-order chi connectivity index (χ1) is 8.65. The van der Waals surface area contributed by atoms with Crippen molar-refractivity contribution in [2.75, 3.05) is 0 Å². The second-order valence-electron chi connectivity index (χ2n) is 5.04. The lowest BCUT2D eigenvalue weighted by Gasteiger charge is -2.10. The third kappa shape index (κ3) is 1.72. The van der Waals surface area contributed by atoms with Gasteiger partial charge in [-0.2, -0.15) is 0 Å². The molecule has 2 aromatic carbocycles. The SMILES string of the molecule is Cc1cc(C)cc(-n2ccc3cccc(C)c32)c1. The maximum Gasteiger partial charge on any atom is 0.0557 e. The summed E-state index contributed by atoms with van der Waals surface area (Å²) in [6.07, 6.45) is 2.16. The molecule has 0 aliphatic rings. The molecule has 1 aromatic heterocycles. The Labute approximate surface area is 108 Å². The quantitative estimate of drug-likeness (QED) is 0.583. The van der Waals surface area contributed by atoms with Crippen molar-refractivity contribution in [1.29, 1.82) is 0 Å². The van der Waals surface area contributed by atoms with Crippen molar-refractivity contribution >= 4 is 10.9 Å². The van der Waals surface area contributed by atoms with Crippen LogP contribution >= 0.6 is 0 Å². The lowest BCUT2D eigenvalue weighted by atomic mass is 10.1. The molecule has 1 nitrogen and oxygen atoms in total. The minimum atomic E-state index is 1.25. The van der Waals surface area contributed by atoms with E-state index in [1.54, 1.807) is 0 Å². The van der Waals surface area contributed by atoms with E-state index in [1.807, 2.05) is 0 Å². The second kappa shape index (κ2) is 4.02. The normalized spacial score (nSPS) is 11.1. The van der Waals surface area contributed by atoms with Gasteiger partial charge in [0.1, 0.15) is 0 Å². The van der Waals surface area contributed by atoms with Crippen molar-refractivity contribution in [1.82, 2.24) is 4.57 Å². The summed E-state index contributed by atoms with van der Waals surface area (Å²) in [6.45, 7) is 6.46. The molecule has 90 valence electrons. The van der Waals surface area contributed by atoms with Gasteiger partial charge in [-0.05, 0) is 55.7 Å². The van der Waals surface area contributed by atoms with E-state index < -0.39 is 0 Å². The van der Waals surface area contributed by atoms with E-state index in [-0.39, 0.29) is 0 Å². The summed E-state index contributed by atoms with van der Waals surface area (Å²) in [5, 5.41) is 1.30. The predicted octanol–water partition coefficient (Wildman–Crippen LogP) is 4.56. The van der Waals surface area contributed by atoms with Crippen molar-refractivity contribution in [2.24, 2.45) is 0 Å². The molecule has 3 aromatic rings. The Morgan fingerprint density at radius 2 is 1.56 bits per heavy atom. The van der Waals surface area contributed by atoms with Crippen LogP contribution in [-0.2, 0) is 0 Å². The smallest absolute Gasteiger partial charge is 0.0557 e. The molecule has 0 bridgehead atoms. The van der Waals surface area contributed by atoms with Crippen molar-refractivity contribution in [3.63, 3.8) is 0 Å². The maximum atomic E-state index is 2.28. The molecule has 0 aliphatic carbocycles. The Hall–Kier alpha value is -2.02. The number of rotatable bonds is 1. The van der Waals surface area contributed by atoms with E-state index in [2.05, 4.69) is 74.0 Å². The van der Waals surface area contributed by atoms with E-state index in [1.165, 1.54) is 33.3 Å². The topological polar surface area (TPSA) is 4.93 Å². The molecular weight excluding hydrogens is 218 g/mol. The fourth-order valence-electron chi connectivity index (χ4n) is 2.68. The third-order valence-electron chi connectivity index (χ3n) is 3.40. The van der Waals surface area contributed by atoms with Gasteiger partial charge in [-0.1, -0.05) is 24.3 Å². The number of hydrogen-bond donors (Lipinski definition) is 0. The third-order valence-corrected chi connectivity index (χ3v) is 3.40. The lowest BCUT2D eigenvalue weighted by molar-refractivity contribution is 1.11. The highest BCUT2D eigenvalue weighted by Crippen LogP contribution is 2.24. The fraction of sp³-hybridized carbons (Fsp3) is 0.176. The average Bonchev–Trinajstić information content (AvgIpc) is 2.73. The molecular formula is C17H17N. The highest BCUT2D eigenvalue weighted by Gasteiger charge is 2.06. The van der Waals surface area contributed by atoms with Crippen molar-refractivity contribution in [3.8, 4) is 5.69 Å². The number of nitrogens with zero attached hydrogens (tertiary/aromatic N) is 1. The highest BCUT2D eigenvalue weighted by atomic mass is 15.0. The monoisotopic (exact) mass is 235 g/mol. The molecule has 0 saturated heterocycles. The van der Waals surface area contributed by atoms with Gasteiger partial charge in [0.05, 0.1) is 5.52 Å². The standard InChI is InChI=1S/C17H17N/c1-12-9-13(2)11-16(10-12)18-8-7-15-6-4-5-14(3)17(15)18/h4-11H,1-3H3. The van der Waals surface area contributed by atoms with Gasteiger partial charge in [0, 0.05) is 17.3 Å². The fourth-order valence-corrected chi connectivity index (χ4v) is 2.68. The number of fused-ring (bicyclic) bond motifs is 1. The zero-order valence-corrected chi connectivity index (χ0v) is 11.1. The van der Waals surface area contributed by atoms with E-state index in [4.69, 9.17) is 0 Å². The van der Waals surface area contributed by atoms with Crippen LogP contribution in [0.15, 0.2) is 48.7 Å². The minimum Gasteiger partial charge on any atom is -0.316 e. The van der Waals surface area contributed by atoms with Crippen LogP contribution in [0.4, 0.5) is 0 Å². The van der Waals surface area contributed by atoms with E-state index in [0.29, 0.717) is 0 Å². The van der Waals surface area contributed by atoms with Gasteiger partial charge >= 0.3 is 0 Å². The Morgan fingerprint density at radius 1 is 0.833 bits per heavy atom. The zero-order valence-electron chi connectivity index (χ0n) is 11.1. The molecule has 1 heterocycles. The average molecular weight is 235 g/mol. The van der Waals surface area contributed by atoms with E-state index in [9.17, 15) is 0 Å². The van der Waals surface area contributed by atoms with Gasteiger partial charge in [-0.3, -0.25) is 0 Å². The van der Waals surface area contributed by atoms with Gasteiger partial charge in [0.25, 0.3) is 0 Å². The van der Waals surface area contributed by atoms with Crippen LogP contribution in [0.25, 0.3) is 16.6 Å². The van der Waals surface area contributed by atoms with Crippen LogP contribution in [-0.4, -0.2) is 4.57 Å². The summed E-state index contributed by atoms with van der Waals surface area (Å²) in [6, 6.07) is 15.3. The molecule has 18 heavy (non-hydrogen) atoms. The molecule has 0 aliphatic heterocycles. The Morgan fingerprint density at radius 3 is 2.28 bits per heavy atom. The zero-order chi connectivity index (χ0) is 12.7. The molecule has 0 atom stereocenters. The van der Waals surface area contributed by atoms with Gasteiger partial charge in [0.15, 0.2) is 0 Å². The predicted molar refractivity (Wildman–Crippen MR) is 77.5 cm³/mol. The van der Waals surface area contributed by atoms with Gasteiger partial charge in [-0.15, -0.1) is 0 Å². The van der Waals surface area contributed by atoms with E-state index in [0.717, 1.165) is 0 Å². The molecule has 0 fully saturated rings. The summed E-state index contributed by atoms with van der Waals surface area (Å²) in [5.41, 5.74) is 6.48. The van der Waals surface area contributed by atoms with Crippen LogP contribution in [0, 0.1) is 20.8 Å². The van der Waals surface area contributed by atoms with Gasteiger partial charge < -0.3 is 4.57 Å². The number of aryl methyl sites for hydroxylation is 3. The summed E-state index contributed by atoms with van der Waals surface area (Å²) in [7, 11) is 0. The molecule has 3 rings (SSSR count). The summed E-state index contributed by atoms with van der Waals surface area (Å²) >= 11 is 0. The number of aromatic nitrogens is 1. The van der Waals surface area contributed by atoms with Crippen molar-refractivity contribution in [2.45, 2.75) is 20.8 Å². The second-order valence-corrected chi connectivity index (χ2v) is 5.04. The molecule has 0 spiro atoms. The van der Waals surface area contributed by atoms with Gasteiger partial charge in [0.2, 0.25) is 0 Å². The first-order valence-electron chi connectivity index (χ1n) is 6.30. The number of benzene rings is 2. The molecule has 1 heteroatoms. The molecule has 0 saturated carbocycles. The first-order valence-corrected chi connectivity index (χ1v) is 6.30. The first kappa shape index (κ1) is 11.1. The maximum absolute atomic E-state index is 2.28. The summed E-state index contributed by atoms with van der Waals surface area (Å²) in [4.78, 5) is 0. The highest BCUT2D eigenvalue weighted by molar-refractivity contribution is 5.85. The minimum absolute atomic E-state index is 1.25. The van der Waals surface area contributed by atoms with Crippen LogP contribution in [0.1, 0.15) is 16.7 Å². The molecule has 0 amide bonds. The summed E-state index contributed by atoms with van der Waals surface area (Å²) in [5.74, 6) is 0. The van der Waals surface area contributed by atoms with Crippen LogP contribution in [0.5, 0.6) is 0 Å². The number of para-hydroxylation sites is 1. The molecule has 0 N–H and O–H groups in total.